The van der Waals surface area contributed by atoms with Crippen LogP contribution in [0.5, 0.6) is 0 Å². The van der Waals surface area contributed by atoms with Gasteiger partial charge in [0.1, 0.15) is 4.21 Å². The van der Waals surface area contributed by atoms with Gasteiger partial charge in [-0.3, -0.25) is 0 Å². The lowest BCUT2D eigenvalue weighted by molar-refractivity contribution is 0.0786. The number of sulfonamides is 1. The Morgan fingerprint density at radius 3 is 2.31 bits per heavy atom. The SMILES string of the molecule is Cc1ccc(CC2CN(S(=O)(=O)c3cccs3)CCN2c2ccc(C(C)(C)O)cc2)cc1. The molecule has 2 heterocycles. The summed E-state index contributed by atoms with van der Waals surface area (Å²) in [5.74, 6) is 0. The molecular formula is C25H30N2O3S2. The molecule has 0 spiro atoms. The fourth-order valence-corrected chi connectivity index (χ4v) is 6.77. The molecule has 1 atom stereocenters. The van der Waals surface area contributed by atoms with Gasteiger partial charge in [-0.15, -0.1) is 11.3 Å². The molecule has 1 aliphatic rings. The molecule has 170 valence electrons. The molecule has 1 unspecified atom stereocenters. The first-order valence-corrected chi connectivity index (χ1v) is 13.2. The molecule has 0 radical (unpaired) electrons. The molecule has 32 heavy (non-hydrogen) atoms. The van der Waals surface area contributed by atoms with Gasteiger partial charge in [-0.05, 0) is 61.9 Å². The van der Waals surface area contributed by atoms with E-state index in [0.717, 1.165) is 17.7 Å². The van der Waals surface area contributed by atoms with Gasteiger partial charge in [-0.2, -0.15) is 4.31 Å². The van der Waals surface area contributed by atoms with Crippen LogP contribution < -0.4 is 4.90 Å². The van der Waals surface area contributed by atoms with E-state index in [2.05, 4.69) is 36.1 Å². The standard InChI is InChI=1S/C25H30N2O3S2/c1-19-6-8-20(9-7-19)17-23-18-26(32(29,30)24-5-4-16-31-24)14-15-27(23)22-12-10-21(11-13-22)25(2,3)28/h4-13,16,23,28H,14-15,17-18H2,1-3H3. The Balaban J connectivity index is 1.62. The molecule has 0 saturated carbocycles. The summed E-state index contributed by atoms with van der Waals surface area (Å²) in [5, 5.41) is 12.1. The van der Waals surface area contributed by atoms with Gasteiger partial charge in [0.2, 0.25) is 0 Å². The lowest BCUT2D eigenvalue weighted by Gasteiger charge is -2.42. The van der Waals surface area contributed by atoms with E-state index >= 15 is 0 Å². The van der Waals surface area contributed by atoms with Crippen molar-refractivity contribution in [2.45, 2.75) is 43.0 Å². The fourth-order valence-electron chi connectivity index (χ4n) is 4.15. The van der Waals surface area contributed by atoms with Crippen LogP contribution in [-0.2, 0) is 22.0 Å². The number of hydrogen-bond donors (Lipinski definition) is 1. The highest BCUT2D eigenvalue weighted by molar-refractivity contribution is 7.91. The minimum atomic E-state index is -3.49. The first-order chi connectivity index (χ1) is 15.1. The monoisotopic (exact) mass is 470 g/mol. The summed E-state index contributed by atoms with van der Waals surface area (Å²) >= 11 is 1.26. The molecule has 0 aliphatic carbocycles. The quantitative estimate of drug-likeness (QED) is 0.580. The summed E-state index contributed by atoms with van der Waals surface area (Å²) in [4.78, 5) is 2.30. The first kappa shape index (κ1) is 23.0. The van der Waals surface area contributed by atoms with E-state index in [1.165, 1.54) is 22.5 Å². The largest absolute Gasteiger partial charge is 0.386 e. The molecule has 1 aliphatic heterocycles. The van der Waals surface area contributed by atoms with E-state index in [1.807, 2.05) is 24.3 Å². The van der Waals surface area contributed by atoms with E-state index in [-0.39, 0.29) is 6.04 Å². The van der Waals surface area contributed by atoms with Gasteiger partial charge in [0.15, 0.2) is 0 Å². The number of aryl methyl sites for hydroxylation is 1. The Kier molecular flexibility index (Phi) is 6.45. The zero-order valence-electron chi connectivity index (χ0n) is 18.7. The second-order valence-electron chi connectivity index (χ2n) is 8.94. The minimum Gasteiger partial charge on any atom is -0.386 e. The van der Waals surface area contributed by atoms with Crippen LogP contribution in [0.15, 0.2) is 70.3 Å². The van der Waals surface area contributed by atoms with Crippen molar-refractivity contribution in [3.63, 3.8) is 0 Å². The average molecular weight is 471 g/mol. The lowest BCUT2D eigenvalue weighted by atomic mass is 9.97. The Morgan fingerprint density at radius 2 is 1.72 bits per heavy atom. The van der Waals surface area contributed by atoms with Crippen LogP contribution in [0.2, 0.25) is 0 Å². The summed E-state index contributed by atoms with van der Waals surface area (Å²) in [7, 11) is -3.49. The summed E-state index contributed by atoms with van der Waals surface area (Å²) in [6.07, 6.45) is 0.754. The Bertz CT molecular complexity index is 1130. The van der Waals surface area contributed by atoms with Crippen molar-refractivity contribution in [3.8, 4) is 0 Å². The summed E-state index contributed by atoms with van der Waals surface area (Å²) in [5.41, 5.74) is 3.40. The van der Waals surface area contributed by atoms with Gasteiger partial charge >= 0.3 is 0 Å². The fraction of sp³-hybridized carbons (Fsp3) is 0.360. The first-order valence-electron chi connectivity index (χ1n) is 10.8. The molecule has 1 N–H and O–H groups in total. The third kappa shape index (κ3) is 4.91. The molecule has 1 fully saturated rings. The zero-order chi connectivity index (χ0) is 22.9. The van der Waals surface area contributed by atoms with Crippen molar-refractivity contribution in [2.75, 3.05) is 24.5 Å². The van der Waals surface area contributed by atoms with Gasteiger partial charge in [-0.1, -0.05) is 48.0 Å². The highest BCUT2D eigenvalue weighted by Crippen LogP contribution is 2.29. The van der Waals surface area contributed by atoms with Crippen molar-refractivity contribution in [3.05, 3.63) is 82.7 Å². The molecule has 0 amide bonds. The number of aliphatic hydroxyl groups is 1. The number of piperazine rings is 1. The number of benzene rings is 2. The van der Waals surface area contributed by atoms with Gasteiger partial charge in [0.25, 0.3) is 10.0 Å². The van der Waals surface area contributed by atoms with E-state index in [9.17, 15) is 13.5 Å². The number of nitrogens with zero attached hydrogens (tertiary/aromatic N) is 2. The highest BCUT2D eigenvalue weighted by Gasteiger charge is 2.35. The zero-order valence-corrected chi connectivity index (χ0v) is 20.4. The summed E-state index contributed by atoms with van der Waals surface area (Å²) in [6.45, 7) is 7.10. The number of thiophene rings is 1. The van der Waals surface area contributed by atoms with Crippen LogP contribution in [0.25, 0.3) is 0 Å². The number of hydrogen-bond acceptors (Lipinski definition) is 5. The molecule has 1 saturated heterocycles. The van der Waals surface area contributed by atoms with Crippen molar-refractivity contribution >= 4 is 27.0 Å². The molecule has 3 aromatic rings. The second-order valence-corrected chi connectivity index (χ2v) is 12.1. The third-order valence-electron chi connectivity index (χ3n) is 6.03. The van der Waals surface area contributed by atoms with E-state index in [0.29, 0.717) is 23.8 Å². The maximum absolute atomic E-state index is 13.2. The van der Waals surface area contributed by atoms with Crippen LogP contribution >= 0.6 is 11.3 Å². The van der Waals surface area contributed by atoms with Crippen LogP contribution in [0.4, 0.5) is 5.69 Å². The highest BCUT2D eigenvalue weighted by atomic mass is 32.2. The maximum atomic E-state index is 13.2. The van der Waals surface area contributed by atoms with Gasteiger partial charge in [0, 0.05) is 31.4 Å². The van der Waals surface area contributed by atoms with Crippen LogP contribution in [0.1, 0.15) is 30.5 Å². The number of rotatable bonds is 6. The molecule has 0 bridgehead atoms. The smallest absolute Gasteiger partial charge is 0.252 e. The molecule has 2 aromatic carbocycles. The Morgan fingerprint density at radius 1 is 1.03 bits per heavy atom. The average Bonchev–Trinajstić information content (AvgIpc) is 3.31. The van der Waals surface area contributed by atoms with Gasteiger partial charge < -0.3 is 10.0 Å². The van der Waals surface area contributed by atoms with Gasteiger partial charge in [0.05, 0.1) is 5.60 Å². The topological polar surface area (TPSA) is 60.9 Å². The lowest BCUT2D eigenvalue weighted by Crippen LogP contribution is -2.55. The van der Waals surface area contributed by atoms with E-state index in [4.69, 9.17) is 0 Å². The Labute approximate surface area is 195 Å². The third-order valence-corrected chi connectivity index (χ3v) is 9.27. The van der Waals surface area contributed by atoms with Crippen molar-refractivity contribution in [1.29, 1.82) is 0 Å². The van der Waals surface area contributed by atoms with Crippen LogP contribution in [0, 0.1) is 6.92 Å². The van der Waals surface area contributed by atoms with Crippen LogP contribution in [0.3, 0.4) is 0 Å². The summed E-state index contributed by atoms with van der Waals surface area (Å²) < 4.78 is 28.4. The normalized spacial score (nSPS) is 18.1. The molecule has 4 rings (SSSR count). The van der Waals surface area contributed by atoms with Crippen molar-refractivity contribution in [2.24, 2.45) is 0 Å². The molecule has 7 heteroatoms. The van der Waals surface area contributed by atoms with Gasteiger partial charge in [-0.25, -0.2) is 8.42 Å². The van der Waals surface area contributed by atoms with E-state index < -0.39 is 15.6 Å². The predicted molar refractivity (Wildman–Crippen MR) is 131 cm³/mol. The van der Waals surface area contributed by atoms with Crippen LogP contribution in [-0.4, -0.2) is 43.5 Å². The van der Waals surface area contributed by atoms with Crippen molar-refractivity contribution in [1.82, 2.24) is 4.31 Å². The number of anilines is 1. The summed E-state index contributed by atoms with van der Waals surface area (Å²) in [6, 6.07) is 19.9. The van der Waals surface area contributed by atoms with E-state index in [1.54, 1.807) is 35.7 Å². The maximum Gasteiger partial charge on any atom is 0.252 e. The second kappa shape index (κ2) is 8.98. The molecular weight excluding hydrogens is 440 g/mol. The molecule has 1 aromatic heterocycles. The Hall–Kier alpha value is -2.19. The van der Waals surface area contributed by atoms with Crippen molar-refractivity contribution < 1.29 is 13.5 Å². The minimum absolute atomic E-state index is 0.00850. The predicted octanol–water partition coefficient (Wildman–Crippen LogP) is 4.41. The molecule has 5 nitrogen and oxygen atoms in total.